The van der Waals surface area contributed by atoms with E-state index in [9.17, 15) is 4.79 Å². The molecule has 0 radical (unpaired) electrons. The minimum absolute atomic E-state index is 0.196. The third kappa shape index (κ3) is 3.27. The average Bonchev–Trinajstić information content (AvgIpc) is 2.66. The van der Waals surface area contributed by atoms with Crippen molar-refractivity contribution in [3.8, 4) is 11.5 Å². The fraction of sp³-hybridized carbons (Fsp3) is 0.381. The number of hydrogen-bond acceptors (Lipinski definition) is 4. The Kier molecular flexibility index (Phi) is 4.45. The fourth-order valence-corrected chi connectivity index (χ4v) is 3.86. The Bertz CT molecular complexity index is 772. The van der Waals surface area contributed by atoms with Gasteiger partial charge in [-0.05, 0) is 35.2 Å². The maximum absolute atomic E-state index is 11.9. The molecule has 4 nitrogen and oxygen atoms in total. The number of Topliss-reactive ketones (excluding diaryl/α,β-unsaturated/α-hetero) is 1. The van der Waals surface area contributed by atoms with Crippen LogP contribution >= 0.6 is 0 Å². The van der Waals surface area contributed by atoms with Gasteiger partial charge in [0.2, 0.25) is 0 Å². The molecule has 0 aliphatic carbocycles. The van der Waals surface area contributed by atoms with E-state index >= 15 is 0 Å². The Hall–Kier alpha value is -2.33. The second kappa shape index (κ2) is 6.89. The van der Waals surface area contributed by atoms with Gasteiger partial charge in [0.15, 0.2) is 11.5 Å². The van der Waals surface area contributed by atoms with Gasteiger partial charge in [0.05, 0.1) is 7.11 Å². The van der Waals surface area contributed by atoms with Gasteiger partial charge in [0, 0.05) is 32.0 Å². The van der Waals surface area contributed by atoms with E-state index < -0.39 is 0 Å². The van der Waals surface area contributed by atoms with Crippen molar-refractivity contribution in [1.82, 2.24) is 4.90 Å². The molecular weight excluding hydrogens is 314 g/mol. The van der Waals surface area contributed by atoms with Crippen LogP contribution in [0.15, 0.2) is 42.5 Å². The summed E-state index contributed by atoms with van der Waals surface area (Å²) < 4.78 is 11.6. The first-order valence-electron chi connectivity index (χ1n) is 8.88. The number of ether oxygens (including phenoxy) is 2. The zero-order valence-corrected chi connectivity index (χ0v) is 14.5. The molecule has 0 saturated carbocycles. The minimum atomic E-state index is 0.196. The molecule has 1 saturated heterocycles. The quantitative estimate of drug-likeness (QED) is 0.855. The van der Waals surface area contributed by atoms with Crippen LogP contribution in [-0.4, -0.2) is 30.9 Å². The summed E-state index contributed by atoms with van der Waals surface area (Å²) >= 11 is 0. The first-order valence-corrected chi connectivity index (χ1v) is 8.88. The van der Waals surface area contributed by atoms with Gasteiger partial charge in [-0.25, -0.2) is 0 Å². The molecule has 4 heteroatoms. The van der Waals surface area contributed by atoms with E-state index in [-0.39, 0.29) is 6.04 Å². The molecule has 0 aromatic heterocycles. The Morgan fingerprint density at radius 2 is 1.88 bits per heavy atom. The lowest BCUT2D eigenvalue weighted by atomic mass is 9.86. The molecule has 1 atom stereocenters. The topological polar surface area (TPSA) is 38.8 Å². The highest BCUT2D eigenvalue weighted by atomic mass is 16.5. The van der Waals surface area contributed by atoms with Crippen molar-refractivity contribution in [3.63, 3.8) is 0 Å². The van der Waals surface area contributed by atoms with Crippen molar-refractivity contribution >= 4 is 5.78 Å². The average molecular weight is 337 g/mol. The van der Waals surface area contributed by atoms with Gasteiger partial charge < -0.3 is 9.47 Å². The van der Waals surface area contributed by atoms with E-state index in [0.717, 1.165) is 36.6 Å². The Balaban J connectivity index is 1.61. The maximum Gasteiger partial charge on any atom is 0.161 e. The number of hydrogen-bond donors (Lipinski definition) is 0. The smallest absolute Gasteiger partial charge is 0.161 e. The highest BCUT2D eigenvalue weighted by molar-refractivity contribution is 5.80. The Labute approximate surface area is 148 Å². The molecule has 130 valence electrons. The summed E-state index contributed by atoms with van der Waals surface area (Å²) in [6, 6.07) is 14.5. The summed E-state index contributed by atoms with van der Waals surface area (Å²) in [4.78, 5) is 14.4. The molecule has 1 unspecified atom stereocenters. The van der Waals surface area contributed by atoms with Crippen LogP contribution in [0.1, 0.15) is 35.6 Å². The van der Waals surface area contributed by atoms with Gasteiger partial charge in [0.25, 0.3) is 0 Å². The Morgan fingerprint density at radius 3 is 2.68 bits per heavy atom. The van der Waals surface area contributed by atoms with Gasteiger partial charge in [-0.3, -0.25) is 9.69 Å². The molecule has 0 spiro atoms. The molecule has 0 bridgehead atoms. The number of nitrogens with zero attached hydrogens (tertiary/aromatic N) is 1. The zero-order chi connectivity index (χ0) is 17.2. The van der Waals surface area contributed by atoms with Crippen molar-refractivity contribution in [2.45, 2.75) is 31.9 Å². The minimum Gasteiger partial charge on any atom is -0.493 e. The van der Waals surface area contributed by atoms with Crippen LogP contribution in [0, 0.1) is 0 Å². The van der Waals surface area contributed by atoms with Crippen molar-refractivity contribution in [1.29, 1.82) is 0 Å². The second-order valence-electron chi connectivity index (χ2n) is 6.77. The highest BCUT2D eigenvalue weighted by Gasteiger charge is 2.33. The van der Waals surface area contributed by atoms with Crippen LogP contribution in [0.25, 0.3) is 0 Å². The highest BCUT2D eigenvalue weighted by Crippen LogP contribution is 2.41. The summed E-state index contributed by atoms with van der Waals surface area (Å²) in [7, 11) is 1.67. The number of carbonyl (C=O) groups excluding carboxylic acids is 1. The van der Waals surface area contributed by atoms with Crippen LogP contribution in [-0.2, 0) is 17.8 Å². The van der Waals surface area contributed by atoms with Crippen LogP contribution in [0.5, 0.6) is 11.5 Å². The lowest BCUT2D eigenvalue weighted by Crippen LogP contribution is -2.41. The number of piperidine rings is 1. The van der Waals surface area contributed by atoms with Crippen molar-refractivity contribution in [3.05, 3.63) is 59.2 Å². The number of rotatable bonds is 4. The molecule has 2 aromatic carbocycles. The predicted octanol–water partition coefficient (Wildman–Crippen LogP) is 3.54. The van der Waals surface area contributed by atoms with Crippen molar-refractivity contribution < 1.29 is 14.3 Å². The third-order valence-corrected chi connectivity index (χ3v) is 5.23. The maximum atomic E-state index is 11.9. The summed E-state index contributed by atoms with van der Waals surface area (Å²) in [6.07, 6.45) is 2.29. The molecule has 2 heterocycles. The van der Waals surface area contributed by atoms with Crippen LogP contribution in [0.3, 0.4) is 0 Å². The molecule has 0 amide bonds. The fourth-order valence-electron chi connectivity index (χ4n) is 3.86. The van der Waals surface area contributed by atoms with Crippen LogP contribution < -0.4 is 9.47 Å². The first kappa shape index (κ1) is 16.2. The Morgan fingerprint density at radius 1 is 1.08 bits per heavy atom. The van der Waals surface area contributed by atoms with E-state index in [1.54, 1.807) is 7.11 Å². The summed E-state index contributed by atoms with van der Waals surface area (Å²) in [5, 5.41) is 0. The first-order chi connectivity index (χ1) is 12.2. The molecule has 0 N–H and O–H groups in total. The molecular formula is C21H23NO3. The number of carbonyl (C=O) groups is 1. The van der Waals surface area contributed by atoms with Crippen molar-refractivity contribution in [2.24, 2.45) is 0 Å². The van der Waals surface area contributed by atoms with E-state index in [1.807, 2.05) is 18.2 Å². The van der Waals surface area contributed by atoms with Crippen LogP contribution in [0.4, 0.5) is 0 Å². The molecule has 2 aliphatic rings. The van der Waals surface area contributed by atoms with E-state index in [4.69, 9.17) is 9.47 Å². The van der Waals surface area contributed by atoms with Gasteiger partial charge in [-0.15, -0.1) is 0 Å². The normalized spacial score (nSPS) is 19.9. The SMILES string of the molecule is COc1cc2c(cc1OCc1ccccc1)CCN1CCC(=O)CC21. The van der Waals surface area contributed by atoms with Gasteiger partial charge in [0.1, 0.15) is 12.4 Å². The monoisotopic (exact) mass is 337 g/mol. The molecule has 2 aliphatic heterocycles. The van der Waals surface area contributed by atoms with E-state index in [2.05, 4.69) is 29.2 Å². The van der Waals surface area contributed by atoms with Gasteiger partial charge >= 0.3 is 0 Å². The van der Waals surface area contributed by atoms with E-state index in [1.165, 1.54) is 11.1 Å². The molecule has 2 aromatic rings. The summed E-state index contributed by atoms with van der Waals surface area (Å²) in [6.45, 7) is 2.40. The van der Waals surface area contributed by atoms with Gasteiger partial charge in [-0.2, -0.15) is 0 Å². The molecule has 4 rings (SSSR count). The van der Waals surface area contributed by atoms with Crippen molar-refractivity contribution in [2.75, 3.05) is 20.2 Å². The molecule has 1 fully saturated rings. The van der Waals surface area contributed by atoms with Gasteiger partial charge in [-0.1, -0.05) is 30.3 Å². The number of fused-ring (bicyclic) bond motifs is 3. The third-order valence-electron chi connectivity index (χ3n) is 5.23. The largest absolute Gasteiger partial charge is 0.493 e. The second-order valence-corrected chi connectivity index (χ2v) is 6.77. The lowest BCUT2D eigenvalue weighted by Gasteiger charge is -2.40. The number of ketones is 1. The number of benzene rings is 2. The zero-order valence-electron chi connectivity index (χ0n) is 14.5. The van der Waals surface area contributed by atoms with E-state index in [0.29, 0.717) is 25.2 Å². The predicted molar refractivity (Wildman–Crippen MR) is 96.0 cm³/mol. The summed E-state index contributed by atoms with van der Waals surface area (Å²) in [5.41, 5.74) is 3.63. The lowest BCUT2D eigenvalue weighted by molar-refractivity contribution is -0.123. The summed E-state index contributed by atoms with van der Waals surface area (Å²) in [5.74, 6) is 1.88. The van der Waals surface area contributed by atoms with Crippen LogP contribution in [0.2, 0.25) is 0 Å². The number of methoxy groups -OCH3 is 1. The standard InChI is InChI=1S/C21H23NO3/c1-24-20-13-18-16(7-9-22-10-8-17(23)12-19(18)22)11-21(20)25-14-15-5-3-2-4-6-15/h2-6,11,13,19H,7-10,12,14H2,1H3. The molecule has 25 heavy (non-hydrogen) atoms.